The molecule has 1 amide bonds. The number of benzene rings is 1. The summed E-state index contributed by atoms with van der Waals surface area (Å²) >= 11 is 0. The molecule has 0 aliphatic carbocycles. The number of rotatable bonds is 1. The van der Waals surface area contributed by atoms with E-state index in [1.54, 1.807) is 6.26 Å². The summed E-state index contributed by atoms with van der Waals surface area (Å²) in [6.07, 6.45) is 1.58. The number of fused-ring (bicyclic) bond motifs is 1. The van der Waals surface area contributed by atoms with Crippen LogP contribution in [0.25, 0.3) is 11.0 Å². The van der Waals surface area contributed by atoms with Crippen molar-refractivity contribution in [2.24, 2.45) is 0 Å². The normalized spacial score (nSPS) is 22.6. The molecule has 108 valence electrons. The van der Waals surface area contributed by atoms with Crippen LogP contribution in [0.4, 0.5) is 0 Å². The molecule has 3 rings (SSSR count). The summed E-state index contributed by atoms with van der Waals surface area (Å²) in [7, 11) is 0. The number of carbonyl (C=O) groups is 1. The summed E-state index contributed by atoms with van der Waals surface area (Å²) in [6.45, 7) is 5.74. The monoisotopic (exact) mass is 294 g/mol. The number of piperazine rings is 1. The Morgan fingerprint density at radius 3 is 2.90 bits per heavy atom. The molecule has 5 heteroatoms. The third-order valence-electron chi connectivity index (χ3n) is 3.74. The van der Waals surface area contributed by atoms with Gasteiger partial charge in [-0.15, -0.1) is 12.4 Å². The number of hydrogen-bond donors (Lipinski definition) is 1. The van der Waals surface area contributed by atoms with Crippen molar-refractivity contribution >= 4 is 29.3 Å². The molecule has 1 aliphatic heterocycles. The molecule has 0 spiro atoms. The predicted molar refractivity (Wildman–Crippen MR) is 81.4 cm³/mol. The summed E-state index contributed by atoms with van der Waals surface area (Å²) < 4.78 is 5.46. The van der Waals surface area contributed by atoms with E-state index in [4.69, 9.17) is 4.42 Å². The Bertz CT molecular complexity index is 611. The SMILES string of the molecule is CC1CN(C(=O)c2coc3ccccc23)C(C)CN1.Cl. The second-order valence-corrected chi connectivity index (χ2v) is 5.26. The molecule has 1 saturated heterocycles. The van der Waals surface area contributed by atoms with Crippen molar-refractivity contribution in [3.63, 3.8) is 0 Å². The van der Waals surface area contributed by atoms with Crippen molar-refractivity contribution in [2.75, 3.05) is 13.1 Å². The Labute approximate surface area is 124 Å². The number of para-hydroxylation sites is 1. The van der Waals surface area contributed by atoms with Crippen molar-refractivity contribution < 1.29 is 9.21 Å². The van der Waals surface area contributed by atoms with Crippen LogP contribution in [0.2, 0.25) is 0 Å². The van der Waals surface area contributed by atoms with E-state index < -0.39 is 0 Å². The van der Waals surface area contributed by atoms with E-state index in [-0.39, 0.29) is 24.4 Å². The molecule has 2 unspecified atom stereocenters. The Morgan fingerprint density at radius 2 is 2.10 bits per heavy atom. The van der Waals surface area contributed by atoms with Crippen LogP contribution in [-0.4, -0.2) is 36.0 Å². The van der Waals surface area contributed by atoms with Gasteiger partial charge in [0, 0.05) is 30.6 Å². The summed E-state index contributed by atoms with van der Waals surface area (Å²) in [5.41, 5.74) is 1.43. The van der Waals surface area contributed by atoms with E-state index in [0.29, 0.717) is 11.6 Å². The molecule has 0 bridgehead atoms. The van der Waals surface area contributed by atoms with Crippen LogP contribution in [0.1, 0.15) is 24.2 Å². The third kappa shape index (κ3) is 2.53. The average Bonchev–Trinajstić information content (AvgIpc) is 2.84. The minimum Gasteiger partial charge on any atom is -0.463 e. The number of furan rings is 1. The largest absolute Gasteiger partial charge is 0.463 e. The van der Waals surface area contributed by atoms with Crippen molar-refractivity contribution in [1.29, 1.82) is 0 Å². The fourth-order valence-electron chi connectivity index (χ4n) is 2.60. The first-order valence-corrected chi connectivity index (χ1v) is 6.67. The van der Waals surface area contributed by atoms with E-state index in [9.17, 15) is 4.79 Å². The van der Waals surface area contributed by atoms with Gasteiger partial charge < -0.3 is 14.6 Å². The van der Waals surface area contributed by atoms with Crippen molar-refractivity contribution in [3.8, 4) is 0 Å². The summed E-state index contributed by atoms with van der Waals surface area (Å²) in [5.74, 6) is 0.0609. The first-order chi connectivity index (χ1) is 9.16. The van der Waals surface area contributed by atoms with Crippen LogP contribution >= 0.6 is 12.4 Å². The van der Waals surface area contributed by atoms with Gasteiger partial charge in [0.1, 0.15) is 11.8 Å². The van der Waals surface area contributed by atoms with E-state index in [1.165, 1.54) is 0 Å². The third-order valence-corrected chi connectivity index (χ3v) is 3.74. The number of hydrogen-bond acceptors (Lipinski definition) is 3. The molecule has 1 fully saturated rings. The quantitative estimate of drug-likeness (QED) is 0.879. The first kappa shape index (κ1) is 14.9. The molecule has 0 saturated carbocycles. The van der Waals surface area contributed by atoms with Gasteiger partial charge in [0.25, 0.3) is 5.91 Å². The summed E-state index contributed by atoms with van der Waals surface area (Å²) in [4.78, 5) is 14.6. The van der Waals surface area contributed by atoms with Gasteiger partial charge in [-0.2, -0.15) is 0 Å². The number of nitrogens with zero attached hydrogens (tertiary/aromatic N) is 1. The predicted octanol–water partition coefficient (Wildman–Crippen LogP) is 2.68. The molecule has 2 atom stereocenters. The molecule has 4 nitrogen and oxygen atoms in total. The standard InChI is InChI=1S/C15H18N2O2.ClH/c1-10-8-17(11(2)7-16-10)15(18)13-9-19-14-6-4-3-5-12(13)14;/h3-6,9-11,16H,7-8H2,1-2H3;1H. The maximum atomic E-state index is 12.7. The summed E-state index contributed by atoms with van der Waals surface area (Å²) in [5, 5.41) is 4.28. The zero-order valence-corrected chi connectivity index (χ0v) is 12.4. The van der Waals surface area contributed by atoms with Gasteiger partial charge in [-0.05, 0) is 19.9 Å². The fraction of sp³-hybridized carbons (Fsp3) is 0.400. The highest BCUT2D eigenvalue weighted by atomic mass is 35.5. The van der Waals surface area contributed by atoms with Crippen LogP contribution in [0.5, 0.6) is 0 Å². The van der Waals surface area contributed by atoms with Crippen molar-refractivity contribution in [3.05, 3.63) is 36.1 Å². The van der Waals surface area contributed by atoms with E-state index >= 15 is 0 Å². The molecule has 2 heterocycles. The smallest absolute Gasteiger partial charge is 0.258 e. The van der Waals surface area contributed by atoms with Gasteiger partial charge in [0.2, 0.25) is 0 Å². The lowest BCUT2D eigenvalue weighted by Gasteiger charge is -2.37. The molecular formula is C15H19ClN2O2. The lowest BCUT2D eigenvalue weighted by atomic mass is 10.1. The second kappa shape index (κ2) is 5.85. The molecule has 1 aromatic heterocycles. The Morgan fingerprint density at radius 1 is 1.35 bits per heavy atom. The Kier molecular flexibility index (Phi) is 4.35. The first-order valence-electron chi connectivity index (χ1n) is 6.67. The Balaban J connectivity index is 0.00000147. The topological polar surface area (TPSA) is 45.5 Å². The van der Waals surface area contributed by atoms with Gasteiger partial charge in [-0.3, -0.25) is 4.79 Å². The maximum absolute atomic E-state index is 12.7. The fourth-order valence-corrected chi connectivity index (χ4v) is 2.60. The van der Waals surface area contributed by atoms with Gasteiger partial charge >= 0.3 is 0 Å². The molecule has 1 N–H and O–H groups in total. The lowest BCUT2D eigenvalue weighted by molar-refractivity contribution is 0.0617. The molecule has 2 aromatic rings. The van der Waals surface area contributed by atoms with Crippen LogP contribution < -0.4 is 5.32 Å². The number of halogens is 1. The highest BCUT2D eigenvalue weighted by Gasteiger charge is 2.28. The van der Waals surface area contributed by atoms with Crippen LogP contribution in [0.15, 0.2) is 34.9 Å². The minimum absolute atomic E-state index is 0. The van der Waals surface area contributed by atoms with Crippen molar-refractivity contribution in [1.82, 2.24) is 10.2 Å². The minimum atomic E-state index is 0. The number of amides is 1. The van der Waals surface area contributed by atoms with Crippen LogP contribution in [-0.2, 0) is 0 Å². The maximum Gasteiger partial charge on any atom is 0.258 e. The van der Waals surface area contributed by atoms with E-state index in [1.807, 2.05) is 29.2 Å². The van der Waals surface area contributed by atoms with Crippen molar-refractivity contribution in [2.45, 2.75) is 25.9 Å². The molecule has 1 aliphatic rings. The highest BCUT2D eigenvalue weighted by molar-refractivity contribution is 6.06. The number of nitrogens with one attached hydrogen (secondary N) is 1. The second-order valence-electron chi connectivity index (χ2n) is 5.26. The zero-order chi connectivity index (χ0) is 13.4. The molecular weight excluding hydrogens is 276 g/mol. The van der Waals surface area contributed by atoms with Crippen LogP contribution in [0, 0.1) is 0 Å². The molecule has 0 radical (unpaired) electrons. The van der Waals surface area contributed by atoms with Gasteiger partial charge in [0.05, 0.1) is 5.56 Å². The zero-order valence-electron chi connectivity index (χ0n) is 11.6. The van der Waals surface area contributed by atoms with Gasteiger partial charge in [0.15, 0.2) is 0 Å². The molecule has 1 aromatic carbocycles. The highest BCUT2D eigenvalue weighted by Crippen LogP contribution is 2.23. The van der Waals surface area contributed by atoms with Crippen LogP contribution in [0.3, 0.4) is 0 Å². The Hall–Kier alpha value is -1.52. The lowest BCUT2D eigenvalue weighted by Crippen LogP contribution is -2.56. The summed E-state index contributed by atoms with van der Waals surface area (Å²) in [6, 6.07) is 8.20. The number of carbonyl (C=O) groups excluding carboxylic acids is 1. The average molecular weight is 295 g/mol. The van der Waals surface area contributed by atoms with Gasteiger partial charge in [-0.25, -0.2) is 0 Å². The van der Waals surface area contributed by atoms with E-state index in [2.05, 4.69) is 19.2 Å². The van der Waals surface area contributed by atoms with E-state index in [0.717, 1.165) is 24.1 Å². The van der Waals surface area contributed by atoms with Gasteiger partial charge in [-0.1, -0.05) is 18.2 Å². The molecule has 20 heavy (non-hydrogen) atoms.